The average Bonchev–Trinajstić information content (AvgIpc) is 2.18. The zero-order valence-electron chi connectivity index (χ0n) is 9.16. The van der Waals surface area contributed by atoms with E-state index in [1.165, 1.54) is 35.6 Å². The number of benzene rings is 1. The van der Waals surface area contributed by atoms with E-state index < -0.39 is 0 Å². The Balaban J connectivity index is 2.81. The molecule has 1 heteroatoms. The first-order valence-electron chi connectivity index (χ1n) is 5.57. The van der Waals surface area contributed by atoms with Crippen LogP contribution in [-0.2, 0) is 0 Å². The molecule has 0 aliphatic carbocycles. The van der Waals surface area contributed by atoms with Crippen LogP contribution < -0.4 is 4.35 Å². The molecule has 0 spiro atoms. The summed E-state index contributed by atoms with van der Waals surface area (Å²) in [5.74, 6) is 0.768. The van der Waals surface area contributed by atoms with Crippen molar-refractivity contribution >= 4 is 21.2 Å². The van der Waals surface area contributed by atoms with E-state index >= 15 is 0 Å². The molecule has 0 saturated heterocycles. The summed E-state index contributed by atoms with van der Waals surface area (Å²) in [7, 11) is 0. The van der Waals surface area contributed by atoms with Crippen LogP contribution in [0.5, 0.6) is 0 Å². The van der Waals surface area contributed by atoms with Crippen molar-refractivity contribution in [2.45, 2.75) is 45.4 Å². The number of rotatable bonds is 5. The van der Waals surface area contributed by atoms with E-state index in [-0.39, 0.29) is 0 Å². The van der Waals surface area contributed by atoms with E-state index in [0.717, 1.165) is 5.92 Å². The van der Waals surface area contributed by atoms with Crippen LogP contribution in [0.25, 0.3) is 0 Å². The Kier molecular flexibility index (Phi) is 5.33. The van der Waals surface area contributed by atoms with Crippen molar-refractivity contribution in [3.8, 4) is 0 Å². The van der Waals surface area contributed by atoms with Gasteiger partial charge in [-0.25, -0.2) is 0 Å². The average molecular weight is 250 g/mol. The van der Waals surface area contributed by atoms with Crippen molar-refractivity contribution < 1.29 is 0 Å². The first kappa shape index (κ1) is 11.9. The Bertz CT molecular complexity index is 262. The molecule has 0 amide bonds. The monoisotopic (exact) mass is 250 g/mol. The molecule has 0 fully saturated rings. The summed E-state index contributed by atoms with van der Waals surface area (Å²) in [6.07, 6.45) is 5.21. The summed E-state index contributed by atoms with van der Waals surface area (Å²) in [5, 5.41) is 0. The van der Waals surface area contributed by atoms with Gasteiger partial charge in [0.05, 0.1) is 0 Å². The van der Waals surface area contributed by atoms with Crippen LogP contribution in [0.3, 0.4) is 0 Å². The van der Waals surface area contributed by atoms with Gasteiger partial charge in [0.1, 0.15) is 0 Å². The van der Waals surface area contributed by atoms with Gasteiger partial charge < -0.3 is 0 Å². The Labute approximate surface area is 96.6 Å². The van der Waals surface area contributed by atoms with Crippen molar-refractivity contribution in [2.24, 2.45) is 0 Å². The van der Waals surface area contributed by atoms with E-state index in [0.29, 0.717) is 0 Å². The van der Waals surface area contributed by atoms with Gasteiger partial charge in [0.25, 0.3) is 0 Å². The minimum atomic E-state index is 0.768. The first-order valence-corrected chi connectivity index (χ1v) is 6.51. The van der Waals surface area contributed by atoms with Crippen molar-refractivity contribution in [3.05, 3.63) is 29.8 Å². The molecule has 0 heterocycles. The molecule has 76 valence electrons. The minimum absolute atomic E-state index is 0.768. The summed E-state index contributed by atoms with van der Waals surface area (Å²) in [6.45, 7) is 4.55. The van der Waals surface area contributed by atoms with Crippen LogP contribution in [0, 0.1) is 0 Å². The summed E-state index contributed by atoms with van der Waals surface area (Å²) in [6, 6.07) is 8.76. The Morgan fingerprint density at radius 3 is 2.14 bits per heavy atom. The van der Waals surface area contributed by atoms with Crippen molar-refractivity contribution in [2.75, 3.05) is 0 Å². The molecule has 0 nitrogen and oxygen atoms in total. The molecular formula is C13H19As. The Hall–Kier alpha value is -0.222. The van der Waals surface area contributed by atoms with Crippen LogP contribution in [0.2, 0.25) is 0 Å². The summed E-state index contributed by atoms with van der Waals surface area (Å²) >= 11 is 2.70. The SMILES string of the molecule is CCCC(CCC)c1ccccc1[As]. The quantitative estimate of drug-likeness (QED) is 0.704. The van der Waals surface area contributed by atoms with Gasteiger partial charge in [0.15, 0.2) is 0 Å². The molecule has 1 rings (SSSR count). The first-order chi connectivity index (χ1) is 6.79. The second-order valence-electron chi connectivity index (χ2n) is 3.83. The maximum atomic E-state index is 2.70. The second-order valence-corrected chi connectivity index (χ2v) is 4.84. The van der Waals surface area contributed by atoms with E-state index in [4.69, 9.17) is 0 Å². The normalized spacial score (nSPS) is 10.9. The number of hydrogen-bond acceptors (Lipinski definition) is 0. The molecular weight excluding hydrogens is 231 g/mol. The third-order valence-corrected chi connectivity index (χ3v) is 3.51. The van der Waals surface area contributed by atoms with Gasteiger partial charge in [0, 0.05) is 0 Å². The molecule has 0 N–H and O–H groups in total. The topological polar surface area (TPSA) is 0 Å². The van der Waals surface area contributed by atoms with Crippen molar-refractivity contribution in [3.63, 3.8) is 0 Å². The van der Waals surface area contributed by atoms with Gasteiger partial charge in [-0.1, -0.05) is 0 Å². The zero-order chi connectivity index (χ0) is 10.4. The fourth-order valence-electron chi connectivity index (χ4n) is 1.99. The summed E-state index contributed by atoms with van der Waals surface area (Å²) in [4.78, 5) is 0. The predicted octanol–water partition coefficient (Wildman–Crippen LogP) is 3.16. The molecule has 1 aromatic carbocycles. The third-order valence-electron chi connectivity index (χ3n) is 2.65. The second kappa shape index (κ2) is 6.30. The number of hydrogen-bond donors (Lipinski definition) is 0. The summed E-state index contributed by atoms with van der Waals surface area (Å²) in [5.41, 5.74) is 1.54. The van der Waals surface area contributed by atoms with Crippen LogP contribution in [0.4, 0.5) is 0 Å². The molecule has 0 aliphatic rings. The standard InChI is InChI=1S/C13H19As/c1-3-7-11(8-4-2)12-9-5-6-10-13(12)14/h5-6,9-11H,3-4,7-8H2,1-2H3. The molecule has 14 heavy (non-hydrogen) atoms. The molecule has 0 unspecified atom stereocenters. The van der Waals surface area contributed by atoms with Gasteiger partial charge in [-0.15, -0.1) is 0 Å². The van der Waals surface area contributed by atoms with Gasteiger partial charge in [-0.2, -0.15) is 0 Å². The van der Waals surface area contributed by atoms with Crippen LogP contribution in [0.1, 0.15) is 51.0 Å². The molecule has 2 radical (unpaired) electrons. The van der Waals surface area contributed by atoms with E-state index in [1.807, 2.05) is 0 Å². The molecule has 0 aromatic heterocycles. The van der Waals surface area contributed by atoms with Gasteiger partial charge in [0.2, 0.25) is 0 Å². The zero-order valence-corrected chi connectivity index (χ0v) is 11.0. The van der Waals surface area contributed by atoms with Gasteiger partial charge >= 0.3 is 96.5 Å². The van der Waals surface area contributed by atoms with Crippen molar-refractivity contribution in [1.82, 2.24) is 0 Å². The predicted molar refractivity (Wildman–Crippen MR) is 64.4 cm³/mol. The molecule has 0 saturated carbocycles. The Morgan fingerprint density at radius 1 is 1.07 bits per heavy atom. The van der Waals surface area contributed by atoms with Crippen molar-refractivity contribution in [1.29, 1.82) is 0 Å². The van der Waals surface area contributed by atoms with Crippen LogP contribution >= 0.6 is 0 Å². The van der Waals surface area contributed by atoms with Gasteiger partial charge in [-0.05, 0) is 0 Å². The van der Waals surface area contributed by atoms with Crippen LogP contribution in [-0.4, -0.2) is 16.9 Å². The molecule has 0 bridgehead atoms. The van der Waals surface area contributed by atoms with Crippen LogP contribution in [0.15, 0.2) is 24.3 Å². The van der Waals surface area contributed by atoms with Gasteiger partial charge in [-0.3, -0.25) is 0 Å². The summed E-state index contributed by atoms with van der Waals surface area (Å²) < 4.78 is 1.40. The molecule has 1 aromatic rings. The van der Waals surface area contributed by atoms with E-state index in [1.54, 1.807) is 0 Å². The maximum absolute atomic E-state index is 2.70. The fraction of sp³-hybridized carbons (Fsp3) is 0.538. The van der Waals surface area contributed by atoms with E-state index in [9.17, 15) is 0 Å². The fourth-order valence-corrected chi connectivity index (χ4v) is 2.71. The third kappa shape index (κ3) is 3.17. The molecule has 0 aliphatic heterocycles. The Morgan fingerprint density at radius 2 is 1.64 bits per heavy atom. The molecule has 0 atom stereocenters. The van der Waals surface area contributed by atoms with E-state index in [2.05, 4.69) is 55.0 Å².